The number of nitrogens with zero attached hydrogens (tertiary/aromatic N) is 2. The molecule has 2 rings (SSSR count). The molecule has 1 aliphatic rings. The zero-order chi connectivity index (χ0) is 16.3. The average Bonchev–Trinajstić information content (AvgIpc) is 2.87. The van der Waals surface area contributed by atoms with Crippen LogP contribution in [0, 0.1) is 23.1 Å². The van der Waals surface area contributed by atoms with Crippen LogP contribution >= 0.6 is 0 Å². The van der Waals surface area contributed by atoms with E-state index in [1.807, 2.05) is 19.9 Å². The lowest BCUT2D eigenvalue weighted by Crippen LogP contribution is -2.44. The first-order valence-corrected chi connectivity index (χ1v) is 7.08. The minimum Gasteiger partial charge on any atom is -0.447 e. The van der Waals surface area contributed by atoms with E-state index in [2.05, 4.69) is 0 Å². The summed E-state index contributed by atoms with van der Waals surface area (Å²) < 4.78 is 18.9. The largest absolute Gasteiger partial charge is 0.447 e. The summed E-state index contributed by atoms with van der Waals surface area (Å²) in [5.74, 6) is -2.16. The second-order valence-electron chi connectivity index (χ2n) is 5.53. The summed E-state index contributed by atoms with van der Waals surface area (Å²) >= 11 is 0. The number of rotatable bonds is 4. The van der Waals surface area contributed by atoms with Gasteiger partial charge in [0.2, 0.25) is 5.91 Å². The Morgan fingerprint density at radius 1 is 1.50 bits per heavy atom. The van der Waals surface area contributed by atoms with E-state index in [1.54, 1.807) is 6.07 Å². The van der Waals surface area contributed by atoms with Crippen LogP contribution in [0.4, 0.5) is 9.18 Å². The SMILES string of the molecule is CC(C)[C@@H]1COC(=O)N1C(=O)[C@H](CC#N)c1ccccc1F. The molecule has 1 saturated heterocycles. The summed E-state index contributed by atoms with van der Waals surface area (Å²) in [6.07, 6.45) is -0.933. The molecule has 0 aliphatic carbocycles. The molecule has 0 saturated carbocycles. The Hall–Kier alpha value is -2.42. The number of carbonyl (C=O) groups excluding carboxylic acids is 2. The molecule has 0 radical (unpaired) electrons. The monoisotopic (exact) mass is 304 g/mol. The molecule has 0 aromatic heterocycles. The van der Waals surface area contributed by atoms with E-state index >= 15 is 0 Å². The number of carbonyl (C=O) groups is 2. The molecule has 1 aromatic carbocycles. The fraction of sp³-hybridized carbons (Fsp3) is 0.438. The van der Waals surface area contributed by atoms with E-state index in [1.165, 1.54) is 18.2 Å². The molecule has 0 unspecified atom stereocenters. The second kappa shape index (κ2) is 6.56. The maximum atomic E-state index is 14.0. The molecule has 0 bridgehead atoms. The van der Waals surface area contributed by atoms with Gasteiger partial charge in [-0.05, 0) is 12.0 Å². The van der Waals surface area contributed by atoms with Gasteiger partial charge in [-0.25, -0.2) is 14.1 Å². The van der Waals surface area contributed by atoms with Crippen LogP contribution in [0.5, 0.6) is 0 Å². The number of imide groups is 1. The van der Waals surface area contributed by atoms with Gasteiger partial charge in [0.25, 0.3) is 0 Å². The van der Waals surface area contributed by atoms with Crippen LogP contribution in [-0.2, 0) is 9.53 Å². The average molecular weight is 304 g/mol. The first-order chi connectivity index (χ1) is 10.5. The van der Waals surface area contributed by atoms with Crippen LogP contribution in [0.15, 0.2) is 24.3 Å². The van der Waals surface area contributed by atoms with Crippen molar-refractivity contribution in [1.29, 1.82) is 5.26 Å². The minimum atomic E-state index is -1.02. The first kappa shape index (κ1) is 16.0. The summed E-state index contributed by atoms with van der Waals surface area (Å²) in [7, 11) is 0. The van der Waals surface area contributed by atoms with E-state index in [9.17, 15) is 14.0 Å². The summed E-state index contributed by atoms with van der Waals surface area (Å²) in [6, 6.07) is 7.29. The number of ether oxygens (including phenoxy) is 1. The van der Waals surface area contributed by atoms with Crippen molar-refractivity contribution in [3.05, 3.63) is 35.6 Å². The van der Waals surface area contributed by atoms with Gasteiger partial charge in [-0.2, -0.15) is 5.26 Å². The molecule has 22 heavy (non-hydrogen) atoms. The summed E-state index contributed by atoms with van der Waals surface area (Å²) in [5.41, 5.74) is 0.122. The van der Waals surface area contributed by atoms with Gasteiger partial charge in [0.05, 0.1) is 24.4 Å². The molecule has 2 atom stereocenters. The Kier molecular flexibility index (Phi) is 4.76. The smallest absolute Gasteiger partial charge is 0.417 e. The zero-order valence-corrected chi connectivity index (χ0v) is 12.5. The number of hydrogen-bond acceptors (Lipinski definition) is 4. The van der Waals surface area contributed by atoms with Crippen LogP contribution in [0.2, 0.25) is 0 Å². The second-order valence-corrected chi connectivity index (χ2v) is 5.53. The topological polar surface area (TPSA) is 70.4 Å². The van der Waals surface area contributed by atoms with Crippen molar-refractivity contribution < 1.29 is 18.7 Å². The maximum absolute atomic E-state index is 14.0. The lowest BCUT2D eigenvalue weighted by atomic mass is 9.93. The Bertz CT molecular complexity index is 624. The van der Waals surface area contributed by atoms with E-state index in [0.29, 0.717) is 0 Å². The number of cyclic esters (lactones) is 1. The van der Waals surface area contributed by atoms with E-state index in [-0.39, 0.29) is 24.5 Å². The summed E-state index contributed by atoms with van der Waals surface area (Å²) in [5, 5.41) is 8.96. The van der Waals surface area contributed by atoms with Crippen molar-refractivity contribution in [2.24, 2.45) is 5.92 Å². The Balaban J connectivity index is 2.36. The third kappa shape index (κ3) is 2.93. The van der Waals surface area contributed by atoms with Gasteiger partial charge in [-0.1, -0.05) is 32.0 Å². The quantitative estimate of drug-likeness (QED) is 0.857. The molecule has 2 amide bonds. The number of amides is 2. The van der Waals surface area contributed by atoms with Gasteiger partial charge in [-0.15, -0.1) is 0 Å². The normalized spacial score (nSPS) is 19.0. The highest BCUT2D eigenvalue weighted by Gasteiger charge is 2.42. The van der Waals surface area contributed by atoms with Gasteiger partial charge in [0, 0.05) is 5.56 Å². The molecule has 1 aliphatic heterocycles. The molecule has 1 fully saturated rings. The van der Waals surface area contributed by atoms with Gasteiger partial charge < -0.3 is 4.74 Å². The lowest BCUT2D eigenvalue weighted by molar-refractivity contribution is -0.131. The van der Waals surface area contributed by atoms with Crippen molar-refractivity contribution in [2.45, 2.75) is 32.2 Å². The van der Waals surface area contributed by atoms with Crippen molar-refractivity contribution in [2.75, 3.05) is 6.61 Å². The molecule has 6 heteroatoms. The van der Waals surface area contributed by atoms with Gasteiger partial charge >= 0.3 is 6.09 Å². The van der Waals surface area contributed by atoms with Crippen LogP contribution in [0.25, 0.3) is 0 Å². The van der Waals surface area contributed by atoms with E-state index in [0.717, 1.165) is 4.90 Å². The first-order valence-electron chi connectivity index (χ1n) is 7.08. The van der Waals surface area contributed by atoms with Crippen LogP contribution in [0.3, 0.4) is 0 Å². The van der Waals surface area contributed by atoms with Crippen LogP contribution in [0.1, 0.15) is 31.7 Å². The predicted octanol–water partition coefficient (Wildman–Crippen LogP) is 2.83. The van der Waals surface area contributed by atoms with Gasteiger partial charge in [-0.3, -0.25) is 4.79 Å². The highest BCUT2D eigenvalue weighted by atomic mass is 19.1. The Labute approximate surface area is 128 Å². The molecule has 1 aromatic rings. The Morgan fingerprint density at radius 2 is 2.18 bits per heavy atom. The van der Waals surface area contributed by atoms with E-state index < -0.39 is 29.8 Å². The molecule has 0 spiro atoms. The van der Waals surface area contributed by atoms with Crippen molar-refractivity contribution >= 4 is 12.0 Å². The number of benzene rings is 1. The number of hydrogen-bond donors (Lipinski definition) is 0. The highest BCUT2D eigenvalue weighted by Crippen LogP contribution is 2.29. The Morgan fingerprint density at radius 3 is 2.77 bits per heavy atom. The fourth-order valence-electron chi connectivity index (χ4n) is 2.53. The molecule has 1 heterocycles. The third-order valence-corrected chi connectivity index (χ3v) is 3.79. The van der Waals surface area contributed by atoms with Crippen LogP contribution < -0.4 is 0 Å². The van der Waals surface area contributed by atoms with Crippen molar-refractivity contribution in [3.8, 4) is 6.07 Å². The highest BCUT2D eigenvalue weighted by molar-refractivity contribution is 5.97. The number of halogens is 1. The minimum absolute atomic E-state index is 0.0127. The molecule has 0 N–H and O–H groups in total. The maximum Gasteiger partial charge on any atom is 0.417 e. The van der Waals surface area contributed by atoms with E-state index in [4.69, 9.17) is 10.00 Å². The van der Waals surface area contributed by atoms with Crippen molar-refractivity contribution in [3.63, 3.8) is 0 Å². The van der Waals surface area contributed by atoms with Crippen LogP contribution in [-0.4, -0.2) is 29.5 Å². The third-order valence-electron chi connectivity index (χ3n) is 3.79. The fourth-order valence-corrected chi connectivity index (χ4v) is 2.53. The summed E-state index contributed by atoms with van der Waals surface area (Å²) in [4.78, 5) is 25.6. The molecule has 5 nitrogen and oxygen atoms in total. The summed E-state index contributed by atoms with van der Waals surface area (Å²) in [6.45, 7) is 3.86. The molecular formula is C16H17FN2O3. The van der Waals surface area contributed by atoms with Crippen molar-refractivity contribution in [1.82, 2.24) is 4.90 Å². The lowest BCUT2D eigenvalue weighted by Gasteiger charge is -2.26. The number of nitriles is 1. The molecular weight excluding hydrogens is 287 g/mol. The van der Waals surface area contributed by atoms with Gasteiger partial charge in [0.1, 0.15) is 12.4 Å². The zero-order valence-electron chi connectivity index (χ0n) is 12.5. The van der Waals surface area contributed by atoms with Gasteiger partial charge in [0.15, 0.2) is 0 Å². The molecule has 116 valence electrons. The predicted molar refractivity (Wildman–Crippen MR) is 76.2 cm³/mol. The standard InChI is InChI=1S/C16H17FN2O3/c1-10(2)14-9-22-16(21)19(14)15(20)12(7-8-18)11-5-3-4-6-13(11)17/h3-6,10,12,14H,7,9H2,1-2H3/t12-,14+/m1/s1.